The zero-order valence-electron chi connectivity index (χ0n) is 21.8. The van der Waals surface area contributed by atoms with Gasteiger partial charge in [0.1, 0.15) is 11.2 Å². The molecule has 0 N–H and O–H groups in total. The Bertz CT molecular complexity index is 1960. The van der Waals surface area contributed by atoms with E-state index in [2.05, 4.69) is 127 Å². The maximum absolute atomic E-state index is 9.32. The van der Waals surface area contributed by atoms with Crippen molar-refractivity contribution in [2.24, 2.45) is 0 Å². The Hall–Kier alpha value is -5.17. The molecule has 1 heterocycles. The van der Waals surface area contributed by atoms with Gasteiger partial charge < -0.3 is 4.42 Å². The summed E-state index contributed by atoms with van der Waals surface area (Å²) in [6.07, 6.45) is 0. The number of fused-ring (bicyclic) bond motifs is 3. The first kappa shape index (κ1) is 23.9. The zero-order chi connectivity index (χ0) is 26.9. The van der Waals surface area contributed by atoms with Gasteiger partial charge in [-0.1, -0.05) is 127 Å². The molecule has 188 valence electrons. The summed E-state index contributed by atoms with van der Waals surface area (Å²) in [6.45, 7) is 0. The lowest BCUT2D eigenvalue weighted by Crippen LogP contribution is -2.74. The highest BCUT2D eigenvalue weighted by molar-refractivity contribution is 7.20. The number of hydrogen-bond donors (Lipinski definition) is 0. The van der Waals surface area contributed by atoms with E-state index in [1.54, 1.807) is 0 Å². The third-order valence-corrected chi connectivity index (χ3v) is 12.7. The van der Waals surface area contributed by atoms with E-state index in [4.69, 9.17) is 4.42 Å². The molecule has 0 saturated carbocycles. The van der Waals surface area contributed by atoms with Crippen LogP contribution in [0.2, 0.25) is 0 Å². The van der Waals surface area contributed by atoms with Gasteiger partial charge in [-0.2, -0.15) is 5.26 Å². The normalized spacial score (nSPS) is 11.5. The van der Waals surface area contributed by atoms with E-state index in [1.165, 1.54) is 26.1 Å². The van der Waals surface area contributed by atoms with E-state index in [0.29, 0.717) is 5.56 Å². The molecule has 1 aromatic heterocycles. The Balaban J connectivity index is 1.62. The molecule has 6 aromatic carbocycles. The van der Waals surface area contributed by atoms with Crippen LogP contribution in [-0.2, 0) is 0 Å². The van der Waals surface area contributed by atoms with Crippen LogP contribution in [0.25, 0.3) is 33.1 Å². The lowest BCUT2D eigenvalue weighted by Gasteiger charge is -2.35. The van der Waals surface area contributed by atoms with Crippen LogP contribution < -0.4 is 20.7 Å². The monoisotopic (exact) mass is 527 g/mol. The fourth-order valence-corrected chi connectivity index (χ4v) is 11.1. The molecule has 0 aliphatic carbocycles. The van der Waals surface area contributed by atoms with Gasteiger partial charge in [0, 0.05) is 10.8 Å². The molecular formula is C37H25NOSi. The number of nitriles is 1. The number of benzene rings is 6. The molecule has 0 unspecified atom stereocenters. The molecule has 0 atom stereocenters. The van der Waals surface area contributed by atoms with E-state index in [9.17, 15) is 5.26 Å². The van der Waals surface area contributed by atoms with Gasteiger partial charge in [-0.25, -0.2) is 0 Å². The predicted molar refractivity (Wildman–Crippen MR) is 167 cm³/mol. The molecule has 0 radical (unpaired) electrons. The number of hydrogen-bond acceptors (Lipinski definition) is 2. The van der Waals surface area contributed by atoms with E-state index < -0.39 is 8.07 Å². The molecule has 0 amide bonds. The van der Waals surface area contributed by atoms with Gasteiger partial charge in [0.15, 0.2) is 8.07 Å². The van der Waals surface area contributed by atoms with Gasteiger partial charge in [-0.05, 0) is 56.1 Å². The molecule has 0 aliphatic heterocycles. The Morgan fingerprint density at radius 2 is 1.10 bits per heavy atom. The summed E-state index contributed by atoms with van der Waals surface area (Å²) in [5.41, 5.74) is 4.70. The van der Waals surface area contributed by atoms with Gasteiger partial charge in [0.25, 0.3) is 0 Å². The molecule has 3 heteroatoms. The lowest BCUT2D eigenvalue weighted by molar-refractivity contribution is 0.669. The molecule has 0 bridgehead atoms. The second-order valence-electron chi connectivity index (χ2n) is 10.0. The minimum atomic E-state index is -2.84. The van der Waals surface area contributed by atoms with E-state index in [-0.39, 0.29) is 0 Å². The van der Waals surface area contributed by atoms with E-state index in [0.717, 1.165) is 27.7 Å². The summed E-state index contributed by atoms with van der Waals surface area (Å²) in [5, 5.41) is 16.9. The maximum atomic E-state index is 9.32. The SMILES string of the molecule is N#Cc1ccc(-c2cccc([Si](c3ccccc3)(c3ccccc3)c3cccc4oc5ccccc5c34)c2)cc1. The van der Waals surface area contributed by atoms with Gasteiger partial charge >= 0.3 is 0 Å². The summed E-state index contributed by atoms with van der Waals surface area (Å²) in [4.78, 5) is 0. The van der Waals surface area contributed by atoms with Crippen molar-refractivity contribution in [2.45, 2.75) is 0 Å². The second kappa shape index (κ2) is 9.85. The Kier molecular flexibility index (Phi) is 5.89. The van der Waals surface area contributed by atoms with E-state index >= 15 is 0 Å². The van der Waals surface area contributed by atoms with Crippen molar-refractivity contribution in [1.82, 2.24) is 0 Å². The van der Waals surface area contributed by atoms with Crippen LogP contribution in [0.5, 0.6) is 0 Å². The standard InChI is InChI=1S/C37H25NOSi/c38-26-27-21-23-28(24-22-27)29-11-9-16-32(25-29)40(30-12-3-1-4-13-30,31-14-5-2-6-15-31)36-20-10-19-35-37(36)33-17-7-8-18-34(33)39-35/h1-25H. The largest absolute Gasteiger partial charge is 0.456 e. The summed E-state index contributed by atoms with van der Waals surface area (Å²) in [7, 11) is -2.84. The van der Waals surface area contributed by atoms with Gasteiger partial charge in [0.2, 0.25) is 0 Å². The molecule has 40 heavy (non-hydrogen) atoms. The summed E-state index contributed by atoms with van der Waals surface area (Å²) >= 11 is 0. The first-order chi connectivity index (χ1) is 19.8. The van der Waals surface area contributed by atoms with E-state index in [1.807, 2.05) is 30.3 Å². The van der Waals surface area contributed by atoms with Crippen LogP contribution in [0.4, 0.5) is 0 Å². The van der Waals surface area contributed by atoms with Crippen molar-refractivity contribution in [3.63, 3.8) is 0 Å². The molecular weight excluding hydrogens is 502 g/mol. The lowest BCUT2D eigenvalue weighted by atomic mass is 10.0. The van der Waals surface area contributed by atoms with Crippen LogP contribution in [-0.4, -0.2) is 8.07 Å². The summed E-state index contributed by atoms with van der Waals surface area (Å²) < 4.78 is 6.41. The molecule has 2 nitrogen and oxygen atoms in total. The number of rotatable bonds is 5. The first-order valence-electron chi connectivity index (χ1n) is 13.4. The smallest absolute Gasteiger partial charge is 0.180 e. The van der Waals surface area contributed by atoms with Crippen LogP contribution in [0.15, 0.2) is 156 Å². The van der Waals surface area contributed by atoms with Crippen molar-refractivity contribution in [1.29, 1.82) is 5.26 Å². The van der Waals surface area contributed by atoms with Gasteiger partial charge in [0.05, 0.1) is 11.6 Å². The molecule has 0 saturated heterocycles. The third kappa shape index (κ3) is 3.78. The van der Waals surface area contributed by atoms with Gasteiger partial charge in [-0.3, -0.25) is 0 Å². The quantitative estimate of drug-likeness (QED) is 0.189. The summed E-state index contributed by atoms with van der Waals surface area (Å²) in [6, 6.07) is 55.9. The molecule has 7 rings (SSSR count). The zero-order valence-corrected chi connectivity index (χ0v) is 22.8. The average Bonchev–Trinajstić information content (AvgIpc) is 3.42. The molecule has 0 aliphatic rings. The maximum Gasteiger partial charge on any atom is 0.180 e. The van der Waals surface area contributed by atoms with Crippen LogP contribution in [0, 0.1) is 11.3 Å². The van der Waals surface area contributed by atoms with Crippen molar-refractivity contribution >= 4 is 50.8 Å². The predicted octanol–water partition coefficient (Wildman–Crippen LogP) is 6.50. The summed E-state index contributed by atoms with van der Waals surface area (Å²) in [5.74, 6) is 0. The highest BCUT2D eigenvalue weighted by Gasteiger charge is 2.43. The Morgan fingerprint density at radius 3 is 1.80 bits per heavy atom. The third-order valence-electron chi connectivity index (χ3n) is 7.86. The minimum Gasteiger partial charge on any atom is -0.456 e. The van der Waals surface area contributed by atoms with Crippen molar-refractivity contribution in [3.05, 3.63) is 157 Å². The molecule has 0 spiro atoms. The van der Waals surface area contributed by atoms with Crippen molar-refractivity contribution < 1.29 is 4.42 Å². The topological polar surface area (TPSA) is 36.9 Å². The van der Waals surface area contributed by atoms with Gasteiger partial charge in [-0.15, -0.1) is 0 Å². The number of nitrogens with zero attached hydrogens (tertiary/aromatic N) is 1. The number of para-hydroxylation sites is 1. The van der Waals surface area contributed by atoms with Crippen LogP contribution >= 0.6 is 0 Å². The molecule has 7 aromatic rings. The fourth-order valence-electron chi connectivity index (χ4n) is 6.10. The first-order valence-corrected chi connectivity index (χ1v) is 15.4. The minimum absolute atomic E-state index is 0.663. The fraction of sp³-hybridized carbons (Fsp3) is 0. The Labute approximate surface area is 234 Å². The van der Waals surface area contributed by atoms with Crippen LogP contribution in [0.1, 0.15) is 5.56 Å². The highest BCUT2D eigenvalue weighted by atomic mass is 28.3. The Morgan fingerprint density at radius 1 is 0.500 bits per heavy atom. The van der Waals surface area contributed by atoms with Crippen LogP contribution in [0.3, 0.4) is 0 Å². The highest BCUT2D eigenvalue weighted by Crippen LogP contribution is 2.29. The van der Waals surface area contributed by atoms with Crippen molar-refractivity contribution in [2.75, 3.05) is 0 Å². The van der Waals surface area contributed by atoms with Crippen molar-refractivity contribution in [3.8, 4) is 17.2 Å². The second-order valence-corrected chi connectivity index (χ2v) is 13.8. The number of furan rings is 1. The molecule has 0 fully saturated rings. The average molecular weight is 528 g/mol.